The number of amides is 3. The number of rotatable bonds is 7. The highest BCUT2D eigenvalue weighted by atomic mass is 16.7. The van der Waals surface area contributed by atoms with Gasteiger partial charge in [0.1, 0.15) is 11.6 Å². The second kappa shape index (κ2) is 8.84. The van der Waals surface area contributed by atoms with E-state index in [1.807, 2.05) is 0 Å². The monoisotopic (exact) mass is 375 g/mol. The fourth-order valence-electron chi connectivity index (χ4n) is 1.71. The fourth-order valence-corrected chi connectivity index (χ4v) is 1.71. The van der Waals surface area contributed by atoms with Crippen molar-refractivity contribution in [1.82, 2.24) is 10.4 Å². The smallest absolute Gasteiger partial charge is 0.408 e. The van der Waals surface area contributed by atoms with Crippen LogP contribution in [0.4, 0.5) is 4.79 Å². The number of carbonyl (C=O) groups excluding carboxylic acids is 3. The van der Waals surface area contributed by atoms with E-state index in [4.69, 9.17) is 15.3 Å². The van der Waals surface area contributed by atoms with Crippen LogP contribution in [0.15, 0.2) is 0 Å². The normalized spacial score (nSPS) is 14.1. The summed E-state index contributed by atoms with van der Waals surface area (Å²) in [5, 5.41) is 12.1. The molecule has 3 amide bonds. The van der Waals surface area contributed by atoms with Crippen molar-refractivity contribution < 1.29 is 33.9 Å². The van der Waals surface area contributed by atoms with E-state index in [0.29, 0.717) is 5.06 Å². The van der Waals surface area contributed by atoms with Gasteiger partial charge in [-0.1, -0.05) is 0 Å². The summed E-state index contributed by atoms with van der Waals surface area (Å²) in [6.07, 6.45) is -1.50. The summed E-state index contributed by atoms with van der Waals surface area (Å²) in [4.78, 5) is 52.7. The molecule has 0 aliphatic rings. The molecule has 150 valence electrons. The summed E-state index contributed by atoms with van der Waals surface area (Å²) in [6, 6.07) is -2.80. The molecule has 0 unspecified atom stereocenters. The van der Waals surface area contributed by atoms with Crippen LogP contribution in [0.25, 0.3) is 0 Å². The highest BCUT2D eigenvalue weighted by molar-refractivity contribution is 5.92. The molecular weight excluding hydrogens is 346 g/mol. The highest BCUT2D eigenvalue weighted by Gasteiger charge is 2.37. The Morgan fingerprint density at radius 1 is 1.08 bits per heavy atom. The van der Waals surface area contributed by atoms with Crippen molar-refractivity contribution >= 4 is 23.9 Å². The minimum atomic E-state index is -1.44. The second-order valence-corrected chi connectivity index (χ2v) is 7.75. The summed E-state index contributed by atoms with van der Waals surface area (Å²) in [6.45, 7) is 11.0. The van der Waals surface area contributed by atoms with Crippen LogP contribution in [0.2, 0.25) is 0 Å². The zero-order chi connectivity index (χ0) is 20.9. The van der Waals surface area contributed by atoms with Crippen LogP contribution in [0.1, 0.15) is 54.9 Å². The Morgan fingerprint density at radius 2 is 1.58 bits per heavy atom. The molecule has 0 fully saturated rings. The number of ether oxygens (including phenoxy) is 1. The third-order valence-electron chi connectivity index (χ3n) is 2.69. The molecule has 0 bridgehead atoms. The van der Waals surface area contributed by atoms with E-state index in [1.54, 1.807) is 41.5 Å². The van der Waals surface area contributed by atoms with Gasteiger partial charge < -0.3 is 20.9 Å². The number of nitrogens with zero attached hydrogens (tertiary/aromatic N) is 1. The Kier molecular flexibility index (Phi) is 8.03. The van der Waals surface area contributed by atoms with Crippen LogP contribution in [-0.2, 0) is 24.0 Å². The molecule has 0 aliphatic heterocycles. The molecule has 0 saturated carbocycles. The van der Waals surface area contributed by atoms with Gasteiger partial charge in [-0.15, -0.1) is 0 Å². The third-order valence-corrected chi connectivity index (χ3v) is 2.69. The molecule has 0 rings (SSSR count). The van der Waals surface area contributed by atoms with Crippen molar-refractivity contribution in [2.45, 2.75) is 78.2 Å². The zero-order valence-electron chi connectivity index (χ0n) is 16.3. The van der Waals surface area contributed by atoms with Gasteiger partial charge in [0.05, 0.1) is 12.0 Å². The van der Waals surface area contributed by atoms with Crippen molar-refractivity contribution in [3.8, 4) is 0 Å². The maximum atomic E-state index is 12.8. The van der Waals surface area contributed by atoms with Crippen molar-refractivity contribution in [3.05, 3.63) is 0 Å². The van der Waals surface area contributed by atoms with Gasteiger partial charge in [0.25, 0.3) is 5.91 Å². The third kappa shape index (κ3) is 9.21. The number of hydroxylamine groups is 2. The number of carboxylic acids is 1. The average molecular weight is 375 g/mol. The molecular formula is C16H29N3O7. The first-order valence-corrected chi connectivity index (χ1v) is 8.06. The largest absolute Gasteiger partial charge is 0.480 e. The predicted octanol–water partition coefficient (Wildman–Crippen LogP) is 0.787. The fraction of sp³-hybridized carbons (Fsp3) is 0.750. The molecule has 0 aromatic carbocycles. The van der Waals surface area contributed by atoms with E-state index >= 15 is 0 Å². The first-order chi connectivity index (χ1) is 11.5. The second-order valence-electron chi connectivity index (χ2n) is 7.75. The van der Waals surface area contributed by atoms with Gasteiger partial charge >= 0.3 is 12.1 Å². The van der Waals surface area contributed by atoms with Crippen LogP contribution >= 0.6 is 0 Å². The van der Waals surface area contributed by atoms with E-state index in [-0.39, 0.29) is 0 Å². The maximum Gasteiger partial charge on any atom is 0.408 e. The quantitative estimate of drug-likeness (QED) is 0.557. The Morgan fingerprint density at radius 3 is 1.92 bits per heavy atom. The minimum absolute atomic E-state index is 0.547. The van der Waals surface area contributed by atoms with E-state index in [2.05, 4.69) is 5.32 Å². The number of aliphatic carboxylic acids is 1. The SMILES string of the molecule is C[C@@H](C(=O)O)N(OC(C)(C)C)C(=O)[C@H](CC(N)=O)NC(=O)OC(C)(C)C. The number of nitrogens with two attached hydrogens (primary N) is 1. The summed E-state index contributed by atoms with van der Waals surface area (Å²) < 4.78 is 5.06. The molecule has 0 aromatic heterocycles. The summed E-state index contributed by atoms with van der Waals surface area (Å²) in [5.41, 5.74) is 3.41. The van der Waals surface area contributed by atoms with Gasteiger partial charge in [0.15, 0.2) is 6.04 Å². The van der Waals surface area contributed by atoms with E-state index < -0.39 is 53.6 Å². The lowest BCUT2D eigenvalue weighted by atomic mass is 10.1. The van der Waals surface area contributed by atoms with Gasteiger partial charge in [-0.3, -0.25) is 14.4 Å². The van der Waals surface area contributed by atoms with Gasteiger partial charge in [0, 0.05) is 0 Å². The van der Waals surface area contributed by atoms with Crippen LogP contribution in [0.5, 0.6) is 0 Å². The topological polar surface area (TPSA) is 148 Å². The lowest BCUT2D eigenvalue weighted by Crippen LogP contribution is -2.56. The molecule has 0 aromatic rings. The molecule has 10 heteroatoms. The molecule has 0 radical (unpaired) electrons. The van der Waals surface area contributed by atoms with Gasteiger partial charge in [-0.2, -0.15) is 0 Å². The van der Waals surface area contributed by atoms with E-state index in [1.165, 1.54) is 6.92 Å². The average Bonchev–Trinajstić information content (AvgIpc) is 2.38. The zero-order valence-corrected chi connectivity index (χ0v) is 16.3. The number of hydrogen-bond donors (Lipinski definition) is 3. The number of hydrogen-bond acceptors (Lipinski definition) is 6. The lowest BCUT2D eigenvalue weighted by Gasteiger charge is -2.34. The van der Waals surface area contributed by atoms with Crippen molar-refractivity contribution in [3.63, 3.8) is 0 Å². The van der Waals surface area contributed by atoms with Gasteiger partial charge in [0.2, 0.25) is 5.91 Å². The Hall–Kier alpha value is -2.36. The molecule has 0 saturated heterocycles. The first kappa shape index (κ1) is 23.6. The number of alkyl carbamates (subject to hydrolysis) is 1. The molecule has 4 N–H and O–H groups in total. The molecule has 2 atom stereocenters. The van der Waals surface area contributed by atoms with Crippen LogP contribution in [0.3, 0.4) is 0 Å². The van der Waals surface area contributed by atoms with E-state index in [0.717, 1.165) is 0 Å². The summed E-state index contributed by atoms with van der Waals surface area (Å²) in [5.74, 6) is -3.12. The maximum absolute atomic E-state index is 12.8. The number of carboxylic acid groups (broad SMARTS) is 1. The minimum Gasteiger partial charge on any atom is -0.480 e. The van der Waals surface area contributed by atoms with Crippen molar-refractivity contribution in [1.29, 1.82) is 0 Å². The highest BCUT2D eigenvalue weighted by Crippen LogP contribution is 2.16. The molecule has 0 aliphatic carbocycles. The predicted molar refractivity (Wildman–Crippen MR) is 91.8 cm³/mol. The van der Waals surface area contributed by atoms with Crippen molar-refractivity contribution in [2.24, 2.45) is 5.73 Å². The number of carbonyl (C=O) groups is 4. The standard InChI is InChI=1S/C16H29N3O7/c1-9(13(22)23)19(26-16(5,6)7)12(21)10(8-11(17)20)18-14(24)25-15(2,3)4/h9-10H,8H2,1-7H3,(H2,17,20)(H,18,24)(H,22,23)/t9-,10-/m0/s1. The number of nitrogens with one attached hydrogen (secondary N) is 1. The van der Waals surface area contributed by atoms with Crippen LogP contribution in [-0.4, -0.2) is 57.3 Å². The summed E-state index contributed by atoms with van der Waals surface area (Å²) >= 11 is 0. The molecule has 10 nitrogen and oxygen atoms in total. The van der Waals surface area contributed by atoms with Crippen LogP contribution < -0.4 is 11.1 Å². The molecule has 0 spiro atoms. The molecule has 0 heterocycles. The lowest BCUT2D eigenvalue weighted by molar-refractivity contribution is -0.243. The Bertz CT molecular complexity index is 549. The first-order valence-electron chi connectivity index (χ1n) is 8.06. The van der Waals surface area contributed by atoms with Crippen LogP contribution in [0, 0.1) is 0 Å². The molecule has 26 heavy (non-hydrogen) atoms. The van der Waals surface area contributed by atoms with Crippen molar-refractivity contribution in [2.75, 3.05) is 0 Å². The Balaban J connectivity index is 5.58. The summed E-state index contributed by atoms with van der Waals surface area (Å²) in [7, 11) is 0. The number of primary amides is 1. The van der Waals surface area contributed by atoms with Gasteiger partial charge in [-0.25, -0.2) is 14.7 Å². The van der Waals surface area contributed by atoms with Gasteiger partial charge in [-0.05, 0) is 48.5 Å². The van der Waals surface area contributed by atoms with E-state index in [9.17, 15) is 24.3 Å². The Labute approximate surface area is 152 Å².